The van der Waals surface area contributed by atoms with Crippen molar-refractivity contribution in [2.75, 3.05) is 31.1 Å². The number of aromatic nitrogens is 3. The summed E-state index contributed by atoms with van der Waals surface area (Å²) in [6.07, 6.45) is 6.19. The molecule has 1 aliphatic rings. The fraction of sp³-hybridized carbons (Fsp3) is 0.333. The lowest BCUT2D eigenvalue weighted by atomic mass is 10.3. The first-order valence-electron chi connectivity index (χ1n) is 8.79. The third kappa shape index (κ3) is 4.01. The lowest BCUT2D eigenvalue weighted by Gasteiger charge is -2.22. The quantitative estimate of drug-likeness (QED) is 0.506. The minimum absolute atomic E-state index is 0.0159. The van der Waals surface area contributed by atoms with Crippen LogP contribution in [0.25, 0.3) is 5.65 Å². The van der Waals surface area contributed by atoms with Crippen molar-refractivity contribution in [2.24, 2.45) is 0 Å². The van der Waals surface area contributed by atoms with E-state index < -0.39 is 4.92 Å². The smallest absolute Gasteiger partial charge is 0.287 e. The summed E-state index contributed by atoms with van der Waals surface area (Å²) in [5.41, 5.74) is 1.92. The summed E-state index contributed by atoms with van der Waals surface area (Å²) < 4.78 is 1.95. The van der Waals surface area contributed by atoms with Crippen molar-refractivity contribution in [1.82, 2.24) is 19.3 Å². The monoisotopic (exact) mass is 386 g/mol. The van der Waals surface area contributed by atoms with Gasteiger partial charge in [0.2, 0.25) is 0 Å². The van der Waals surface area contributed by atoms with E-state index in [1.54, 1.807) is 6.07 Å². The second kappa shape index (κ2) is 7.50. The summed E-state index contributed by atoms with van der Waals surface area (Å²) in [6.45, 7) is 4.33. The number of rotatable bonds is 4. The fourth-order valence-electron chi connectivity index (χ4n) is 3.35. The Morgan fingerprint density at radius 1 is 1.11 bits per heavy atom. The molecule has 1 fully saturated rings. The van der Waals surface area contributed by atoms with Gasteiger partial charge in [0.1, 0.15) is 17.7 Å². The van der Waals surface area contributed by atoms with Crippen LogP contribution in [0.4, 0.5) is 11.5 Å². The van der Waals surface area contributed by atoms with E-state index in [4.69, 9.17) is 11.6 Å². The van der Waals surface area contributed by atoms with E-state index in [1.165, 1.54) is 12.3 Å². The summed E-state index contributed by atoms with van der Waals surface area (Å²) in [4.78, 5) is 23.8. The largest absolute Gasteiger partial charge is 0.355 e. The lowest BCUT2D eigenvalue weighted by Crippen LogP contribution is -2.31. The van der Waals surface area contributed by atoms with Gasteiger partial charge in [-0.25, -0.2) is 9.97 Å². The molecule has 27 heavy (non-hydrogen) atoms. The van der Waals surface area contributed by atoms with Crippen molar-refractivity contribution >= 4 is 28.8 Å². The van der Waals surface area contributed by atoms with E-state index in [9.17, 15) is 10.1 Å². The molecule has 0 amide bonds. The number of hydrogen-bond acceptors (Lipinski definition) is 6. The molecule has 4 rings (SSSR count). The molecular weight excluding hydrogens is 368 g/mol. The van der Waals surface area contributed by atoms with Crippen molar-refractivity contribution in [3.05, 3.63) is 63.7 Å². The minimum atomic E-state index is -0.428. The molecule has 1 saturated heterocycles. The van der Waals surface area contributed by atoms with Crippen molar-refractivity contribution in [1.29, 1.82) is 0 Å². The van der Waals surface area contributed by atoms with E-state index in [1.807, 2.05) is 28.9 Å². The molecule has 0 saturated carbocycles. The molecule has 0 radical (unpaired) electrons. The third-order valence-electron chi connectivity index (χ3n) is 4.71. The predicted molar refractivity (Wildman–Crippen MR) is 103 cm³/mol. The fourth-order valence-corrected chi connectivity index (χ4v) is 3.52. The summed E-state index contributed by atoms with van der Waals surface area (Å²) in [7, 11) is 0. The molecule has 3 aromatic rings. The number of anilines is 1. The molecule has 9 heteroatoms. The van der Waals surface area contributed by atoms with Gasteiger partial charge in [-0.05, 0) is 24.6 Å². The molecule has 8 nitrogen and oxygen atoms in total. The van der Waals surface area contributed by atoms with Gasteiger partial charge in [-0.15, -0.1) is 0 Å². The van der Waals surface area contributed by atoms with Crippen LogP contribution in [0.1, 0.15) is 12.1 Å². The van der Waals surface area contributed by atoms with E-state index in [2.05, 4.69) is 19.8 Å². The number of hydrogen-bond donors (Lipinski definition) is 0. The second-order valence-electron chi connectivity index (χ2n) is 6.59. The number of nitrogens with zero attached hydrogens (tertiary/aromatic N) is 6. The highest BCUT2D eigenvalue weighted by molar-refractivity contribution is 6.30. The first-order chi connectivity index (χ1) is 13.1. The van der Waals surface area contributed by atoms with Crippen molar-refractivity contribution in [3.8, 4) is 0 Å². The van der Waals surface area contributed by atoms with Gasteiger partial charge in [-0.3, -0.25) is 15.0 Å². The molecule has 0 aliphatic carbocycles. The van der Waals surface area contributed by atoms with Crippen LogP contribution >= 0.6 is 11.6 Å². The number of fused-ring (bicyclic) bond motifs is 1. The molecule has 3 aromatic heterocycles. The average Bonchev–Trinajstić information content (AvgIpc) is 2.90. The summed E-state index contributed by atoms with van der Waals surface area (Å²) in [6, 6.07) is 6.98. The second-order valence-corrected chi connectivity index (χ2v) is 7.03. The van der Waals surface area contributed by atoms with Crippen LogP contribution in [-0.4, -0.2) is 50.4 Å². The maximum atomic E-state index is 10.8. The van der Waals surface area contributed by atoms with Crippen LogP contribution in [0.15, 0.2) is 42.9 Å². The first-order valence-corrected chi connectivity index (χ1v) is 9.17. The molecule has 0 unspecified atom stereocenters. The van der Waals surface area contributed by atoms with Gasteiger partial charge >= 0.3 is 0 Å². The number of pyridine rings is 2. The Morgan fingerprint density at radius 2 is 2.00 bits per heavy atom. The Morgan fingerprint density at radius 3 is 2.78 bits per heavy atom. The standard InChI is InChI=1S/C18H19ClN6O2/c19-14-2-4-18-21-15(13-24(18)11-14)12-22-6-1-7-23(9-8-22)17-5-3-16(10-20-17)25(26)27/h2-5,10-11,13H,1,6-9,12H2. The summed E-state index contributed by atoms with van der Waals surface area (Å²) in [5.74, 6) is 0.782. The van der Waals surface area contributed by atoms with Crippen LogP contribution in [0.5, 0.6) is 0 Å². The molecule has 0 N–H and O–H groups in total. The van der Waals surface area contributed by atoms with Gasteiger partial charge in [0.15, 0.2) is 0 Å². The molecule has 0 aromatic carbocycles. The van der Waals surface area contributed by atoms with Gasteiger partial charge in [0.25, 0.3) is 5.69 Å². The normalized spacial score (nSPS) is 15.8. The van der Waals surface area contributed by atoms with Crippen molar-refractivity contribution in [2.45, 2.75) is 13.0 Å². The van der Waals surface area contributed by atoms with Gasteiger partial charge in [-0.2, -0.15) is 0 Å². The van der Waals surface area contributed by atoms with Gasteiger partial charge in [0, 0.05) is 51.2 Å². The van der Waals surface area contributed by atoms with Crippen LogP contribution < -0.4 is 4.90 Å². The van der Waals surface area contributed by atoms with Crippen LogP contribution in [0.2, 0.25) is 5.02 Å². The first kappa shape index (κ1) is 17.7. The lowest BCUT2D eigenvalue weighted by molar-refractivity contribution is -0.385. The Hall–Kier alpha value is -2.71. The molecule has 140 valence electrons. The topological polar surface area (TPSA) is 79.8 Å². The molecule has 1 aliphatic heterocycles. The maximum absolute atomic E-state index is 10.8. The van der Waals surface area contributed by atoms with Gasteiger partial charge < -0.3 is 9.30 Å². The molecule has 4 heterocycles. The van der Waals surface area contributed by atoms with Crippen molar-refractivity contribution in [3.63, 3.8) is 0 Å². The predicted octanol–water partition coefficient (Wildman–Crippen LogP) is 3.00. The SMILES string of the molecule is O=[N+]([O-])c1ccc(N2CCCN(Cc3cn4cc(Cl)ccc4n3)CC2)nc1. The zero-order valence-corrected chi connectivity index (χ0v) is 15.4. The Kier molecular flexibility index (Phi) is 4.91. The molecule has 0 atom stereocenters. The highest BCUT2D eigenvalue weighted by Crippen LogP contribution is 2.18. The van der Waals surface area contributed by atoms with E-state index in [0.717, 1.165) is 56.3 Å². The van der Waals surface area contributed by atoms with Crippen LogP contribution in [-0.2, 0) is 6.54 Å². The van der Waals surface area contributed by atoms with Crippen LogP contribution in [0, 0.1) is 10.1 Å². The Balaban J connectivity index is 1.41. The van der Waals surface area contributed by atoms with Crippen LogP contribution in [0.3, 0.4) is 0 Å². The van der Waals surface area contributed by atoms with E-state index in [0.29, 0.717) is 5.02 Å². The third-order valence-corrected chi connectivity index (χ3v) is 4.93. The summed E-state index contributed by atoms with van der Waals surface area (Å²) in [5, 5.41) is 11.5. The van der Waals surface area contributed by atoms with E-state index >= 15 is 0 Å². The zero-order chi connectivity index (χ0) is 18.8. The number of nitro groups is 1. The maximum Gasteiger partial charge on any atom is 0.287 e. The van der Waals surface area contributed by atoms with Crippen molar-refractivity contribution < 1.29 is 4.92 Å². The molecule has 0 bridgehead atoms. The molecule has 0 spiro atoms. The van der Waals surface area contributed by atoms with E-state index in [-0.39, 0.29) is 5.69 Å². The van der Waals surface area contributed by atoms with Gasteiger partial charge in [0.05, 0.1) is 15.6 Å². The highest BCUT2D eigenvalue weighted by atomic mass is 35.5. The number of halogens is 1. The number of imidazole rings is 1. The average molecular weight is 387 g/mol. The molecular formula is C18H19ClN6O2. The Bertz CT molecular complexity index is 958. The summed E-state index contributed by atoms with van der Waals surface area (Å²) >= 11 is 6.03. The zero-order valence-electron chi connectivity index (χ0n) is 14.7. The van der Waals surface area contributed by atoms with Gasteiger partial charge in [-0.1, -0.05) is 11.6 Å². The highest BCUT2D eigenvalue weighted by Gasteiger charge is 2.18. The Labute approximate surface area is 161 Å². The minimum Gasteiger partial charge on any atom is -0.355 e.